The summed E-state index contributed by atoms with van der Waals surface area (Å²) in [6, 6.07) is 18.6. The van der Waals surface area contributed by atoms with Crippen LogP contribution in [0.25, 0.3) is 0 Å². The number of benzene rings is 2. The van der Waals surface area contributed by atoms with Crippen molar-refractivity contribution in [2.45, 2.75) is 18.2 Å². The fourth-order valence-corrected chi connectivity index (χ4v) is 3.56. The van der Waals surface area contributed by atoms with E-state index in [1.165, 1.54) is 16.7 Å². The molecule has 1 heterocycles. The largest absolute Gasteiger partial charge is 0.325 e. The second-order valence-corrected chi connectivity index (χ2v) is 6.91. The average Bonchev–Trinajstić information content (AvgIpc) is 2.89. The number of carbonyl (C=O) groups is 3. The minimum Gasteiger partial charge on any atom is -0.325 e. The number of nitrogens with one attached hydrogen (secondary N) is 1. The lowest BCUT2D eigenvalue weighted by molar-refractivity contribution is -0.138. The van der Waals surface area contributed by atoms with Gasteiger partial charge in [-0.1, -0.05) is 48.5 Å². The highest BCUT2D eigenvalue weighted by molar-refractivity contribution is 8.01. The van der Waals surface area contributed by atoms with Gasteiger partial charge in [-0.3, -0.25) is 19.3 Å². The molecular formula is C19H18N2O3S. The van der Waals surface area contributed by atoms with Crippen molar-refractivity contribution >= 4 is 35.2 Å². The molecule has 0 saturated carbocycles. The molecule has 2 aromatic rings. The molecule has 3 rings (SSSR count). The van der Waals surface area contributed by atoms with E-state index in [1.54, 1.807) is 12.1 Å². The Morgan fingerprint density at radius 3 is 2.36 bits per heavy atom. The van der Waals surface area contributed by atoms with Gasteiger partial charge in [0.2, 0.25) is 17.7 Å². The first-order valence-corrected chi connectivity index (χ1v) is 9.03. The van der Waals surface area contributed by atoms with Crippen molar-refractivity contribution in [1.29, 1.82) is 0 Å². The average molecular weight is 354 g/mol. The van der Waals surface area contributed by atoms with Crippen molar-refractivity contribution < 1.29 is 14.4 Å². The normalized spacial score (nSPS) is 17.0. The summed E-state index contributed by atoms with van der Waals surface area (Å²) in [6.07, 6.45) is 0.148. The minimum atomic E-state index is -0.488. The van der Waals surface area contributed by atoms with Crippen LogP contribution in [0.5, 0.6) is 0 Å². The fraction of sp³-hybridized carbons (Fsp3) is 0.211. The number of imide groups is 1. The van der Waals surface area contributed by atoms with Crippen LogP contribution in [0.3, 0.4) is 0 Å². The number of likely N-dealkylation sites (tertiary alicyclic amines) is 1. The van der Waals surface area contributed by atoms with E-state index in [0.717, 1.165) is 5.56 Å². The Kier molecular flexibility index (Phi) is 5.50. The van der Waals surface area contributed by atoms with Crippen LogP contribution < -0.4 is 5.32 Å². The molecule has 0 spiro atoms. The lowest BCUT2D eigenvalue weighted by Crippen LogP contribution is -2.31. The van der Waals surface area contributed by atoms with Gasteiger partial charge < -0.3 is 5.32 Å². The summed E-state index contributed by atoms with van der Waals surface area (Å²) in [5, 5.41) is 2.29. The quantitative estimate of drug-likeness (QED) is 0.810. The van der Waals surface area contributed by atoms with Crippen molar-refractivity contribution in [2.75, 3.05) is 11.1 Å². The molecule has 0 aromatic heterocycles. The molecule has 25 heavy (non-hydrogen) atoms. The van der Waals surface area contributed by atoms with Gasteiger partial charge in [0.15, 0.2) is 0 Å². The van der Waals surface area contributed by atoms with Crippen LogP contribution in [-0.4, -0.2) is 33.6 Å². The van der Waals surface area contributed by atoms with E-state index in [-0.39, 0.29) is 36.4 Å². The number of nitrogens with zero attached hydrogens (tertiary/aromatic N) is 1. The smallest absolute Gasteiger partial charge is 0.243 e. The molecule has 1 atom stereocenters. The van der Waals surface area contributed by atoms with Gasteiger partial charge in [-0.2, -0.15) is 0 Å². The zero-order valence-electron chi connectivity index (χ0n) is 13.6. The summed E-state index contributed by atoms with van der Waals surface area (Å²) in [5.41, 5.74) is 1.63. The van der Waals surface area contributed by atoms with Gasteiger partial charge in [-0.05, 0) is 17.7 Å². The highest BCUT2D eigenvalue weighted by Gasteiger charge is 2.38. The van der Waals surface area contributed by atoms with Crippen molar-refractivity contribution in [3.8, 4) is 0 Å². The molecule has 1 N–H and O–H groups in total. The Morgan fingerprint density at radius 2 is 1.68 bits per heavy atom. The predicted octanol–water partition coefficient (Wildman–Crippen LogP) is 2.69. The number of amides is 3. The van der Waals surface area contributed by atoms with E-state index in [2.05, 4.69) is 5.32 Å². The third kappa shape index (κ3) is 4.48. The maximum atomic E-state index is 12.4. The lowest BCUT2D eigenvalue weighted by atomic mass is 10.2. The monoisotopic (exact) mass is 354 g/mol. The summed E-state index contributed by atoms with van der Waals surface area (Å²) in [7, 11) is 0. The van der Waals surface area contributed by atoms with E-state index >= 15 is 0 Å². The van der Waals surface area contributed by atoms with Gasteiger partial charge in [0.25, 0.3) is 0 Å². The van der Waals surface area contributed by atoms with Crippen LogP contribution in [0, 0.1) is 0 Å². The molecule has 128 valence electrons. The number of carbonyl (C=O) groups excluding carboxylic acids is 3. The molecule has 1 fully saturated rings. The first-order chi connectivity index (χ1) is 12.1. The molecule has 0 bridgehead atoms. The van der Waals surface area contributed by atoms with Gasteiger partial charge in [-0.25, -0.2) is 0 Å². The number of rotatable bonds is 6. The lowest BCUT2D eigenvalue weighted by Gasteiger charge is -2.14. The van der Waals surface area contributed by atoms with Gasteiger partial charge in [0, 0.05) is 12.1 Å². The van der Waals surface area contributed by atoms with Crippen LogP contribution >= 0.6 is 11.8 Å². The molecule has 5 nitrogen and oxygen atoms in total. The summed E-state index contributed by atoms with van der Waals surface area (Å²) < 4.78 is 0. The second-order valence-electron chi connectivity index (χ2n) is 5.72. The summed E-state index contributed by atoms with van der Waals surface area (Å²) in [5.74, 6) is -0.447. The standard InChI is InChI=1S/C19H18N2O3S/c22-17(20-15-9-5-2-6-10-15)13-25-16-11-18(23)21(19(16)24)12-14-7-3-1-4-8-14/h1-10,16H,11-13H2,(H,20,22). The summed E-state index contributed by atoms with van der Waals surface area (Å²) >= 11 is 1.21. The van der Waals surface area contributed by atoms with Crippen molar-refractivity contribution in [3.05, 3.63) is 66.2 Å². The van der Waals surface area contributed by atoms with Crippen molar-refractivity contribution in [1.82, 2.24) is 4.90 Å². The van der Waals surface area contributed by atoms with E-state index in [4.69, 9.17) is 0 Å². The molecule has 1 saturated heterocycles. The first-order valence-electron chi connectivity index (χ1n) is 7.98. The highest BCUT2D eigenvalue weighted by atomic mass is 32.2. The molecule has 6 heteroatoms. The minimum absolute atomic E-state index is 0.137. The van der Waals surface area contributed by atoms with Crippen molar-refractivity contribution in [2.24, 2.45) is 0 Å². The maximum absolute atomic E-state index is 12.4. The molecule has 1 aliphatic rings. The summed E-state index contributed by atoms with van der Waals surface area (Å²) in [4.78, 5) is 37.8. The van der Waals surface area contributed by atoms with Gasteiger partial charge in [-0.15, -0.1) is 11.8 Å². The van der Waals surface area contributed by atoms with E-state index in [1.807, 2.05) is 48.5 Å². The van der Waals surface area contributed by atoms with Crippen LogP contribution in [-0.2, 0) is 20.9 Å². The van der Waals surface area contributed by atoms with Crippen LogP contribution in [0.4, 0.5) is 5.69 Å². The third-order valence-corrected chi connectivity index (χ3v) is 5.06. The Balaban J connectivity index is 1.52. The first kappa shape index (κ1) is 17.2. The van der Waals surface area contributed by atoms with Crippen LogP contribution in [0.2, 0.25) is 0 Å². The maximum Gasteiger partial charge on any atom is 0.243 e. The Bertz CT molecular complexity index is 765. The molecule has 0 radical (unpaired) electrons. The topological polar surface area (TPSA) is 66.5 Å². The Hall–Kier alpha value is -2.60. The third-order valence-electron chi connectivity index (χ3n) is 3.86. The molecule has 3 amide bonds. The zero-order valence-corrected chi connectivity index (χ0v) is 14.4. The Morgan fingerprint density at radius 1 is 1.04 bits per heavy atom. The highest BCUT2D eigenvalue weighted by Crippen LogP contribution is 2.26. The fourth-order valence-electron chi connectivity index (χ4n) is 2.61. The predicted molar refractivity (Wildman–Crippen MR) is 97.9 cm³/mol. The molecule has 1 aliphatic heterocycles. The molecular weight excluding hydrogens is 336 g/mol. The second kappa shape index (κ2) is 7.98. The molecule has 0 aliphatic carbocycles. The van der Waals surface area contributed by atoms with Gasteiger partial charge >= 0.3 is 0 Å². The van der Waals surface area contributed by atoms with Gasteiger partial charge in [0.1, 0.15) is 0 Å². The Labute approximate surface area is 150 Å². The van der Waals surface area contributed by atoms with E-state index < -0.39 is 5.25 Å². The number of para-hydroxylation sites is 1. The molecule has 2 aromatic carbocycles. The number of hydrogen-bond acceptors (Lipinski definition) is 4. The van der Waals surface area contributed by atoms with Crippen molar-refractivity contribution in [3.63, 3.8) is 0 Å². The SMILES string of the molecule is O=C(CSC1CC(=O)N(Cc2ccccc2)C1=O)Nc1ccccc1. The number of hydrogen-bond donors (Lipinski definition) is 1. The summed E-state index contributed by atoms with van der Waals surface area (Å²) in [6.45, 7) is 0.284. The zero-order chi connectivity index (χ0) is 17.6. The van der Waals surface area contributed by atoms with E-state index in [9.17, 15) is 14.4 Å². The van der Waals surface area contributed by atoms with E-state index in [0.29, 0.717) is 5.69 Å². The number of thioether (sulfide) groups is 1. The number of anilines is 1. The van der Waals surface area contributed by atoms with Crippen LogP contribution in [0.1, 0.15) is 12.0 Å². The molecule has 1 unspecified atom stereocenters. The van der Waals surface area contributed by atoms with Gasteiger partial charge in [0.05, 0.1) is 17.5 Å². The van der Waals surface area contributed by atoms with Crippen LogP contribution in [0.15, 0.2) is 60.7 Å².